The molecule has 0 aliphatic carbocycles. The molecule has 5 heteroatoms. The van der Waals surface area contributed by atoms with Crippen LogP contribution in [0.2, 0.25) is 0 Å². The highest BCUT2D eigenvalue weighted by molar-refractivity contribution is 5.34. The monoisotopic (exact) mass is 251 g/mol. The van der Waals surface area contributed by atoms with Crippen molar-refractivity contribution in [2.45, 2.75) is 39.2 Å². The second kappa shape index (κ2) is 5.52. The van der Waals surface area contributed by atoms with Crippen molar-refractivity contribution in [1.29, 1.82) is 0 Å². The average molecular weight is 251 g/mol. The zero-order valence-electron chi connectivity index (χ0n) is 11.2. The first-order valence-corrected chi connectivity index (χ1v) is 6.52. The van der Waals surface area contributed by atoms with E-state index in [9.17, 15) is 4.79 Å². The third kappa shape index (κ3) is 3.10. The summed E-state index contributed by atoms with van der Waals surface area (Å²) in [6.45, 7) is 7.75. The Morgan fingerprint density at radius 1 is 1.50 bits per heavy atom. The minimum atomic E-state index is -0.105. The summed E-state index contributed by atoms with van der Waals surface area (Å²) in [5.74, 6) is 2.08. The van der Waals surface area contributed by atoms with E-state index in [1.807, 2.05) is 13.8 Å². The van der Waals surface area contributed by atoms with Gasteiger partial charge in [0.25, 0.3) is 5.56 Å². The molecule has 18 heavy (non-hydrogen) atoms. The molecule has 5 nitrogen and oxygen atoms in total. The summed E-state index contributed by atoms with van der Waals surface area (Å²) in [7, 11) is 0. The first-order valence-electron chi connectivity index (χ1n) is 6.52. The van der Waals surface area contributed by atoms with E-state index < -0.39 is 0 Å². The van der Waals surface area contributed by atoms with Crippen LogP contribution in [0.25, 0.3) is 0 Å². The number of nitrogens with zero attached hydrogens (tertiary/aromatic N) is 1. The molecule has 0 aromatic carbocycles. The molecule has 1 aliphatic rings. The Kier molecular flexibility index (Phi) is 4.01. The standard InChI is InChI=1S/C13H21N3O2/c1-8(2)13-15-11(6-12(17)16-13)14-9(3)10-4-5-18-7-10/h6,8-10H,4-5,7H2,1-3H3,(H2,14,15,16,17). The third-order valence-electron chi connectivity index (χ3n) is 3.35. The fraction of sp³-hybridized carbons (Fsp3) is 0.692. The van der Waals surface area contributed by atoms with Gasteiger partial charge in [0, 0.05) is 30.6 Å². The predicted molar refractivity (Wildman–Crippen MR) is 71.0 cm³/mol. The van der Waals surface area contributed by atoms with Crippen molar-refractivity contribution < 1.29 is 4.74 Å². The van der Waals surface area contributed by atoms with Gasteiger partial charge in [-0.3, -0.25) is 4.79 Å². The van der Waals surface area contributed by atoms with Crippen molar-refractivity contribution in [2.24, 2.45) is 5.92 Å². The molecule has 1 aliphatic heterocycles. The molecule has 0 saturated carbocycles. The molecule has 1 fully saturated rings. The Morgan fingerprint density at radius 2 is 2.28 bits per heavy atom. The van der Waals surface area contributed by atoms with Crippen LogP contribution in [0.5, 0.6) is 0 Å². The molecule has 2 rings (SSSR count). The summed E-state index contributed by atoms with van der Waals surface area (Å²) in [6.07, 6.45) is 1.06. The molecule has 0 radical (unpaired) electrons. The molecule has 0 spiro atoms. The predicted octanol–water partition coefficient (Wildman–Crippen LogP) is 1.73. The average Bonchev–Trinajstić information content (AvgIpc) is 2.81. The van der Waals surface area contributed by atoms with Gasteiger partial charge < -0.3 is 15.0 Å². The first-order chi connectivity index (χ1) is 8.56. The molecule has 0 bridgehead atoms. The maximum absolute atomic E-state index is 11.6. The zero-order chi connectivity index (χ0) is 13.1. The topological polar surface area (TPSA) is 67.0 Å². The summed E-state index contributed by atoms with van der Waals surface area (Å²) < 4.78 is 5.37. The van der Waals surface area contributed by atoms with Gasteiger partial charge in [0.2, 0.25) is 0 Å². The summed E-state index contributed by atoms with van der Waals surface area (Å²) >= 11 is 0. The van der Waals surface area contributed by atoms with Crippen molar-refractivity contribution in [3.8, 4) is 0 Å². The molecule has 1 aromatic rings. The quantitative estimate of drug-likeness (QED) is 0.855. The Balaban J connectivity index is 2.10. The van der Waals surface area contributed by atoms with Crippen LogP contribution < -0.4 is 10.9 Å². The minimum Gasteiger partial charge on any atom is -0.381 e. The zero-order valence-corrected chi connectivity index (χ0v) is 11.2. The van der Waals surface area contributed by atoms with Crippen LogP contribution in [0.3, 0.4) is 0 Å². The molecular weight excluding hydrogens is 230 g/mol. The number of hydrogen-bond donors (Lipinski definition) is 2. The molecule has 0 amide bonds. The lowest BCUT2D eigenvalue weighted by molar-refractivity contribution is 0.183. The number of rotatable bonds is 4. The largest absolute Gasteiger partial charge is 0.381 e. The SMILES string of the molecule is CC(C)c1nc(NC(C)C2CCOC2)cc(=O)[nH]1. The van der Waals surface area contributed by atoms with E-state index >= 15 is 0 Å². The maximum Gasteiger partial charge on any atom is 0.252 e. The highest BCUT2D eigenvalue weighted by Crippen LogP contribution is 2.19. The van der Waals surface area contributed by atoms with Crippen LogP contribution in [0.15, 0.2) is 10.9 Å². The number of hydrogen-bond acceptors (Lipinski definition) is 4. The minimum absolute atomic E-state index is 0.105. The fourth-order valence-electron chi connectivity index (χ4n) is 2.12. The molecule has 2 heterocycles. The molecule has 2 unspecified atom stereocenters. The van der Waals surface area contributed by atoms with Gasteiger partial charge in [-0.25, -0.2) is 4.98 Å². The second-order valence-electron chi connectivity index (χ2n) is 5.23. The van der Waals surface area contributed by atoms with Gasteiger partial charge in [0.05, 0.1) is 6.61 Å². The van der Waals surface area contributed by atoms with Crippen LogP contribution in [0.1, 0.15) is 38.9 Å². The summed E-state index contributed by atoms with van der Waals surface area (Å²) in [4.78, 5) is 18.8. The van der Waals surface area contributed by atoms with E-state index in [0.717, 1.165) is 25.5 Å². The van der Waals surface area contributed by atoms with Crippen molar-refractivity contribution >= 4 is 5.82 Å². The van der Waals surface area contributed by atoms with Crippen LogP contribution in [-0.2, 0) is 4.74 Å². The second-order valence-corrected chi connectivity index (χ2v) is 5.23. The lowest BCUT2D eigenvalue weighted by atomic mass is 10.0. The molecule has 1 aromatic heterocycles. The van der Waals surface area contributed by atoms with Crippen LogP contribution in [0, 0.1) is 5.92 Å². The van der Waals surface area contributed by atoms with Crippen LogP contribution in [-0.4, -0.2) is 29.2 Å². The fourth-order valence-corrected chi connectivity index (χ4v) is 2.12. The number of aromatic amines is 1. The van der Waals surface area contributed by atoms with Crippen LogP contribution >= 0.6 is 0 Å². The van der Waals surface area contributed by atoms with Gasteiger partial charge in [-0.1, -0.05) is 13.8 Å². The van der Waals surface area contributed by atoms with Gasteiger partial charge in [-0.05, 0) is 13.3 Å². The highest BCUT2D eigenvalue weighted by atomic mass is 16.5. The molecular formula is C13H21N3O2. The van der Waals surface area contributed by atoms with Crippen molar-refractivity contribution in [3.63, 3.8) is 0 Å². The molecule has 2 N–H and O–H groups in total. The van der Waals surface area contributed by atoms with Crippen LogP contribution in [0.4, 0.5) is 5.82 Å². The van der Waals surface area contributed by atoms with E-state index in [2.05, 4.69) is 22.2 Å². The molecule has 2 atom stereocenters. The van der Waals surface area contributed by atoms with Crippen molar-refractivity contribution in [3.05, 3.63) is 22.2 Å². The lowest BCUT2D eigenvalue weighted by Crippen LogP contribution is -2.28. The van der Waals surface area contributed by atoms with Gasteiger partial charge >= 0.3 is 0 Å². The number of nitrogens with one attached hydrogen (secondary N) is 2. The Labute approximate surface area is 107 Å². The maximum atomic E-state index is 11.6. The van der Waals surface area contributed by atoms with E-state index in [1.54, 1.807) is 0 Å². The van der Waals surface area contributed by atoms with Crippen molar-refractivity contribution in [2.75, 3.05) is 18.5 Å². The Bertz CT molecular complexity index is 450. The Hall–Kier alpha value is -1.36. The first kappa shape index (κ1) is 13.1. The smallest absolute Gasteiger partial charge is 0.252 e. The van der Waals surface area contributed by atoms with Gasteiger partial charge in [0.15, 0.2) is 0 Å². The Morgan fingerprint density at radius 3 is 2.89 bits per heavy atom. The van der Waals surface area contributed by atoms with Gasteiger partial charge in [-0.2, -0.15) is 0 Å². The molecule has 100 valence electrons. The van der Waals surface area contributed by atoms with Gasteiger partial charge in [0.1, 0.15) is 11.6 Å². The third-order valence-corrected chi connectivity index (χ3v) is 3.35. The number of H-pyrrole nitrogens is 1. The molecule has 1 saturated heterocycles. The summed E-state index contributed by atoms with van der Waals surface area (Å²) in [5, 5.41) is 3.31. The van der Waals surface area contributed by atoms with E-state index in [1.165, 1.54) is 6.07 Å². The summed E-state index contributed by atoms with van der Waals surface area (Å²) in [6, 6.07) is 1.78. The number of aromatic nitrogens is 2. The number of anilines is 1. The van der Waals surface area contributed by atoms with Crippen molar-refractivity contribution in [1.82, 2.24) is 9.97 Å². The van der Waals surface area contributed by atoms with E-state index in [-0.39, 0.29) is 17.5 Å². The van der Waals surface area contributed by atoms with E-state index in [4.69, 9.17) is 4.74 Å². The summed E-state index contributed by atoms with van der Waals surface area (Å²) in [5.41, 5.74) is -0.105. The van der Waals surface area contributed by atoms with E-state index in [0.29, 0.717) is 11.7 Å². The normalized spacial score (nSPS) is 21.2. The number of ether oxygens (including phenoxy) is 1. The van der Waals surface area contributed by atoms with Gasteiger partial charge in [-0.15, -0.1) is 0 Å². The lowest BCUT2D eigenvalue weighted by Gasteiger charge is -2.20. The highest BCUT2D eigenvalue weighted by Gasteiger charge is 2.22.